The van der Waals surface area contributed by atoms with E-state index in [1.54, 1.807) is 18.4 Å². The Kier molecular flexibility index (Phi) is 5.89. The maximum absolute atomic E-state index is 6.28. The largest absolute Gasteiger partial charge is 0.497 e. The molecule has 2 rings (SSSR count). The normalized spacial score (nSPS) is 12.3. The molecule has 0 radical (unpaired) electrons. The van der Waals surface area contributed by atoms with Crippen LogP contribution in [0.25, 0.3) is 0 Å². The lowest BCUT2D eigenvalue weighted by Gasteiger charge is -2.18. The third kappa shape index (κ3) is 3.98. The summed E-state index contributed by atoms with van der Waals surface area (Å²) in [5, 5.41) is 6.48. The average molecular weight is 310 g/mol. The second-order valence-electron chi connectivity index (χ2n) is 4.70. The van der Waals surface area contributed by atoms with Crippen molar-refractivity contribution in [2.75, 3.05) is 13.7 Å². The Bertz CT molecular complexity index is 541. The van der Waals surface area contributed by atoms with Crippen LogP contribution in [0, 0.1) is 0 Å². The van der Waals surface area contributed by atoms with Gasteiger partial charge in [-0.25, -0.2) is 0 Å². The first-order chi connectivity index (χ1) is 9.74. The lowest BCUT2D eigenvalue weighted by atomic mass is 10.0. The van der Waals surface area contributed by atoms with Crippen molar-refractivity contribution in [2.45, 2.75) is 25.8 Å². The smallest absolute Gasteiger partial charge is 0.119 e. The Morgan fingerprint density at radius 2 is 2.20 bits per heavy atom. The molecule has 4 heteroatoms. The minimum absolute atomic E-state index is 0.259. The Balaban J connectivity index is 2.17. The molecule has 0 aliphatic carbocycles. The summed E-state index contributed by atoms with van der Waals surface area (Å²) in [7, 11) is 1.70. The molecule has 2 nitrogen and oxygen atoms in total. The van der Waals surface area contributed by atoms with Crippen molar-refractivity contribution >= 4 is 22.9 Å². The van der Waals surface area contributed by atoms with E-state index in [0.29, 0.717) is 0 Å². The molecule has 0 bridgehead atoms. The Hall–Kier alpha value is -1.03. The minimum Gasteiger partial charge on any atom is -0.497 e. The molecular formula is C16H20ClNOS. The van der Waals surface area contributed by atoms with Crippen molar-refractivity contribution in [1.82, 2.24) is 5.32 Å². The predicted octanol–water partition coefficient (Wildman–Crippen LogP) is 4.69. The number of thiophene rings is 1. The summed E-state index contributed by atoms with van der Waals surface area (Å²) >= 11 is 8.00. The number of hydrogen-bond donors (Lipinski definition) is 1. The van der Waals surface area contributed by atoms with Gasteiger partial charge in [0.25, 0.3) is 0 Å². The van der Waals surface area contributed by atoms with Crippen molar-refractivity contribution in [3.05, 3.63) is 51.2 Å². The first kappa shape index (κ1) is 15.4. The molecule has 108 valence electrons. The summed E-state index contributed by atoms with van der Waals surface area (Å²) in [6.07, 6.45) is 2.02. The fraction of sp³-hybridized carbons (Fsp3) is 0.375. The highest BCUT2D eigenvalue weighted by atomic mass is 35.5. The number of methoxy groups -OCH3 is 1. The van der Waals surface area contributed by atoms with Crippen LogP contribution >= 0.6 is 22.9 Å². The van der Waals surface area contributed by atoms with Crippen molar-refractivity contribution < 1.29 is 4.74 Å². The van der Waals surface area contributed by atoms with Crippen LogP contribution in [0.15, 0.2) is 35.7 Å². The summed E-state index contributed by atoms with van der Waals surface area (Å²) in [6, 6.07) is 10.4. The van der Waals surface area contributed by atoms with E-state index in [1.807, 2.05) is 23.6 Å². The number of hydrogen-bond acceptors (Lipinski definition) is 3. The molecule has 1 N–H and O–H groups in total. The molecule has 0 spiro atoms. The molecule has 0 fully saturated rings. The van der Waals surface area contributed by atoms with Gasteiger partial charge in [0.1, 0.15) is 5.75 Å². The van der Waals surface area contributed by atoms with Gasteiger partial charge in [-0.1, -0.05) is 30.7 Å². The van der Waals surface area contributed by atoms with Crippen molar-refractivity contribution in [3.63, 3.8) is 0 Å². The summed E-state index contributed by atoms with van der Waals surface area (Å²) in [5.41, 5.74) is 1.25. The fourth-order valence-corrected chi connectivity index (χ4v) is 3.43. The number of halogens is 1. The molecule has 0 saturated heterocycles. The van der Waals surface area contributed by atoms with E-state index in [1.165, 1.54) is 10.4 Å². The maximum Gasteiger partial charge on any atom is 0.119 e. The molecule has 20 heavy (non-hydrogen) atoms. The topological polar surface area (TPSA) is 21.3 Å². The van der Waals surface area contributed by atoms with Gasteiger partial charge in [0.05, 0.1) is 12.1 Å². The Morgan fingerprint density at radius 1 is 1.35 bits per heavy atom. The van der Waals surface area contributed by atoms with Gasteiger partial charge in [0, 0.05) is 10.9 Å². The molecule has 1 aromatic carbocycles. The lowest BCUT2D eigenvalue weighted by Crippen LogP contribution is -2.23. The summed E-state index contributed by atoms with van der Waals surface area (Å²) < 4.78 is 5.29. The molecular weight excluding hydrogens is 290 g/mol. The van der Waals surface area contributed by atoms with Crippen LogP contribution in [0.1, 0.15) is 29.8 Å². The molecule has 1 aromatic heterocycles. The number of nitrogens with one attached hydrogen (secondary N) is 1. The predicted molar refractivity (Wildman–Crippen MR) is 87.1 cm³/mol. The van der Waals surface area contributed by atoms with Gasteiger partial charge in [-0.3, -0.25) is 0 Å². The van der Waals surface area contributed by atoms with Crippen molar-refractivity contribution in [2.24, 2.45) is 0 Å². The molecule has 1 unspecified atom stereocenters. The molecule has 0 saturated carbocycles. The molecule has 2 aromatic rings. The second-order valence-corrected chi connectivity index (χ2v) is 6.05. The number of benzene rings is 1. The van der Waals surface area contributed by atoms with Crippen molar-refractivity contribution in [1.29, 1.82) is 0 Å². The van der Waals surface area contributed by atoms with Crippen LogP contribution in [0.5, 0.6) is 5.75 Å². The first-order valence-electron chi connectivity index (χ1n) is 6.83. The van der Waals surface area contributed by atoms with E-state index >= 15 is 0 Å². The SMILES string of the molecule is CCCNC(Cc1cccc(OC)c1)c1sccc1Cl. The zero-order chi connectivity index (χ0) is 14.4. The highest BCUT2D eigenvalue weighted by molar-refractivity contribution is 7.10. The fourth-order valence-electron chi connectivity index (χ4n) is 2.17. The first-order valence-corrected chi connectivity index (χ1v) is 8.09. The summed E-state index contributed by atoms with van der Waals surface area (Å²) in [5.74, 6) is 0.897. The monoisotopic (exact) mass is 309 g/mol. The van der Waals surface area contributed by atoms with E-state index in [0.717, 1.165) is 30.2 Å². The number of ether oxygens (including phenoxy) is 1. The van der Waals surface area contributed by atoms with Gasteiger partial charge < -0.3 is 10.1 Å². The van der Waals surface area contributed by atoms with Gasteiger partial charge in [-0.15, -0.1) is 11.3 Å². The van der Waals surface area contributed by atoms with Gasteiger partial charge >= 0.3 is 0 Å². The lowest BCUT2D eigenvalue weighted by molar-refractivity contribution is 0.414. The zero-order valence-corrected chi connectivity index (χ0v) is 13.4. The van der Waals surface area contributed by atoms with Crippen LogP contribution < -0.4 is 10.1 Å². The van der Waals surface area contributed by atoms with E-state index < -0.39 is 0 Å². The van der Waals surface area contributed by atoms with Crippen LogP contribution in [0.4, 0.5) is 0 Å². The molecule has 1 heterocycles. The van der Waals surface area contributed by atoms with Crippen molar-refractivity contribution in [3.8, 4) is 5.75 Å². The standard InChI is InChI=1S/C16H20ClNOS/c1-3-8-18-15(16-14(17)7-9-20-16)11-12-5-4-6-13(10-12)19-2/h4-7,9-10,15,18H,3,8,11H2,1-2H3. The average Bonchev–Trinajstić information content (AvgIpc) is 2.90. The van der Waals surface area contributed by atoms with Crippen LogP contribution in [0.2, 0.25) is 5.02 Å². The second kappa shape index (κ2) is 7.67. The molecule has 0 aliphatic rings. The van der Waals surface area contributed by atoms with Crippen LogP contribution in [-0.2, 0) is 6.42 Å². The third-order valence-electron chi connectivity index (χ3n) is 3.18. The van der Waals surface area contributed by atoms with Gasteiger partial charge in [-0.05, 0) is 48.5 Å². The Morgan fingerprint density at radius 3 is 2.85 bits per heavy atom. The minimum atomic E-state index is 0.259. The highest BCUT2D eigenvalue weighted by Crippen LogP contribution is 2.31. The molecule has 0 amide bonds. The van der Waals surface area contributed by atoms with E-state index in [4.69, 9.17) is 16.3 Å². The van der Waals surface area contributed by atoms with Gasteiger partial charge in [-0.2, -0.15) is 0 Å². The summed E-state index contributed by atoms with van der Waals surface area (Å²) in [6.45, 7) is 3.16. The van der Waals surface area contributed by atoms with Gasteiger partial charge in [0.2, 0.25) is 0 Å². The maximum atomic E-state index is 6.28. The van der Waals surface area contributed by atoms with E-state index in [2.05, 4.69) is 24.4 Å². The van der Waals surface area contributed by atoms with Crippen LogP contribution in [0.3, 0.4) is 0 Å². The zero-order valence-electron chi connectivity index (χ0n) is 11.9. The van der Waals surface area contributed by atoms with E-state index in [-0.39, 0.29) is 6.04 Å². The molecule has 1 atom stereocenters. The Labute approximate surface area is 129 Å². The van der Waals surface area contributed by atoms with Crippen LogP contribution in [-0.4, -0.2) is 13.7 Å². The number of rotatable bonds is 7. The quantitative estimate of drug-likeness (QED) is 0.801. The van der Waals surface area contributed by atoms with E-state index in [9.17, 15) is 0 Å². The molecule has 0 aliphatic heterocycles. The highest BCUT2D eigenvalue weighted by Gasteiger charge is 2.16. The third-order valence-corrected chi connectivity index (χ3v) is 4.65. The van der Waals surface area contributed by atoms with Gasteiger partial charge in [0.15, 0.2) is 0 Å². The summed E-state index contributed by atoms with van der Waals surface area (Å²) in [4.78, 5) is 1.21.